The molecule has 2 N–H and O–H groups in total. The van der Waals surface area contributed by atoms with E-state index in [0.717, 1.165) is 25.3 Å². The molecule has 0 aliphatic carbocycles. The van der Waals surface area contributed by atoms with E-state index in [9.17, 15) is 0 Å². The van der Waals surface area contributed by atoms with E-state index in [-0.39, 0.29) is 0 Å². The lowest BCUT2D eigenvalue weighted by Gasteiger charge is -2.57. The van der Waals surface area contributed by atoms with Crippen molar-refractivity contribution in [3.8, 4) is 11.8 Å². The molecule has 3 fully saturated rings. The number of aromatic nitrogens is 2. The Kier molecular flexibility index (Phi) is 4.55. The van der Waals surface area contributed by atoms with Gasteiger partial charge >= 0.3 is 0 Å². The third kappa shape index (κ3) is 3.26. The van der Waals surface area contributed by atoms with Crippen LogP contribution in [0, 0.1) is 6.07 Å². The third-order valence-electron chi connectivity index (χ3n) is 5.10. The maximum Gasteiger partial charge on any atom is 0.217 e. The van der Waals surface area contributed by atoms with Crippen molar-refractivity contribution in [2.45, 2.75) is 32.0 Å². The van der Waals surface area contributed by atoms with Gasteiger partial charge in [-0.05, 0) is 18.9 Å². The minimum Gasteiger partial charge on any atom is -0.481 e. The van der Waals surface area contributed by atoms with Crippen LogP contribution in [0.25, 0.3) is 0 Å². The Hall–Kier alpha value is -2.54. The van der Waals surface area contributed by atoms with E-state index in [2.05, 4.69) is 31.9 Å². The topological polar surface area (TPSA) is 76.7 Å². The summed E-state index contributed by atoms with van der Waals surface area (Å²) in [4.78, 5) is 13.4. The van der Waals surface area contributed by atoms with Crippen molar-refractivity contribution in [3.05, 3.63) is 36.0 Å². The monoisotopic (exact) mass is 354 g/mol. The van der Waals surface area contributed by atoms with Crippen LogP contribution in [0.2, 0.25) is 0 Å². The lowest BCUT2D eigenvalue weighted by Crippen LogP contribution is -2.68. The predicted octanol–water partition coefficient (Wildman–Crippen LogP) is 1.73. The summed E-state index contributed by atoms with van der Waals surface area (Å²) < 4.78 is 10.6. The number of rotatable bonds is 6. The second-order valence-corrected chi connectivity index (χ2v) is 6.75. The van der Waals surface area contributed by atoms with Crippen molar-refractivity contribution in [3.63, 3.8) is 0 Å². The van der Waals surface area contributed by atoms with Gasteiger partial charge in [0.15, 0.2) is 0 Å². The standard InChI is InChI=1S/C19H24N5O2/c1-3-26-19-8-14(7-17(20)22-19)23-11-15-6-16(12-23)24(15)10-13-4-5-18(25-2)21-9-13/h4-5,8-9,15-16H,3,6,10-12H2,1-2H3,(H2,20,22). The van der Waals surface area contributed by atoms with Crippen LogP contribution in [-0.2, 0) is 6.54 Å². The van der Waals surface area contributed by atoms with Crippen LogP contribution in [0.3, 0.4) is 0 Å². The molecular formula is C19H24N5O2. The van der Waals surface area contributed by atoms with Gasteiger partial charge in [-0.3, -0.25) is 4.90 Å². The highest BCUT2D eigenvalue weighted by atomic mass is 16.5. The number of nitrogens with two attached hydrogens (primary N) is 1. The molecule has 0 aromatic carbocycles. The van der Waals surface area contributed by atoms with Gasteiger partial charge < -0.3 is 20.1 Å². The van der Waals surface area contributed by atoms with Gasteiger partial charge in [0.05, 0.1) is 25.5 Å². The average Bonchev–Trinajstić information content (AvgIpc) is 2.66. The maximum absolute atomic E-state index is 5.89. The SMILES string of the molecule is CCOc1cc(N2CC3CC(C2)N3Cc2ccc(OC)nc2)[c]c(N)n1. The number of nitrogen functional groups attached to an aromatic ring is 1. The first kappa shape index (κ1) is 16.9. The third-order valence-corrected chi connectivity index (χ3v) is 5.10. The quantitative estimate of drug-likeness (QED) is 0.846. The van der Waals surface area contributed by atoms with Gasteiger partial charge in [0.25, 0.3) is 0 Å². The van der Waals surface area contributed by atoms with Crippen LogP contribution in [0.1, 0.15) is 18.9 Å². The van der Waals surface area contributed by atoms with E-state index < -0.39 is 0 Å². The summed E-state index contributed by atoms with van der Waals surface area (Å²) in [5.74, 6) is 1.60. The fourth-order valence-corrected chi connectivity index (χ4v) is 3.83. The summed E-state index contributed by atoms with van der Waals surface area (Å²) in [5.41, 5.74) is 8.08. The van der Waals surface area contributed by atoms with E-state index in [1.165, 1.54) is 12.0 Å². The number of methoxy groups -OCH3 is 1. The molecule has 0 spiro atoms. The van der Waals surface area contributed by atoms with E-state index in [4.69, 9.17) is 15.2 Å². The van der Waals surface area contributed by atoms with Crippen LogP contribution < -0.4 is 20.1 Å². The molecule has 2 aromatic heterocycles. The van der Waals surface area contributed by atoms with E-state index in [0.29, 0.717) is 36.3 Å². The first-order valence-electron chi connectivity index (χ1n) is 8.98. The number of piperidine rings is 1. The zero-order valence-corrected chi connectivity index (χ0v) is 15.2. The first-order chi connectivity index (χ1) is 12.7. The molecule has 26 heavy (non-hydrogen) atoms. The second-order valence-electron chi connectivity index (χ2n) is 6.75. The molecule has 5 rings (SSSR count). The molecule has 2 atom stereocenters. The molecule has 7 heteroatoms. The Bertz CT molecular complexity index is 755. The van der Waals surface area contributed by atoms with Gasteiger partial charge in [-0.1, -0.05) is 6.07 Å². The molecular weight excluding hydrogens is 330 g/mol. The van der Waals surface area contributed by atoms with Crippen LogP contribution in [-0.4, -0.2) is 53.8 Å². The molecule has 2 aromatic rings. The highest BCUT2D eigenvalue weighted by Gasteiger charge is 2.44. The Morgan fingerprint density at radius 3 is 2.73 bits per heavy atom. The van der Waals surface area contributed by atoms with Crippen molar-refractivity contribution in [1.82, 2.24) is 14.9 Å². The number of ether oxygens (including phenoxy) is 2. The summed E-state index contributed by atoms with van der Waals surface area (Å²) in [6, 6.07) is 10.2. The molecule has 7 nitrogen and oxygen atoms in total. The van der Waals surface area contributed by atoms with Crippen molar-refractivity contribution in [2.75, 3.05) is 37.4 Å². The van der Waals surface area contributed by atoms with Crippen LogP contribution in [0.4, 0.5) is 11.5 Å². The fraction of sp³-hybridized carbons (Fsp3) is 0.474. The van der Waals surface area contributed by atoms with Gasteiger partial charge in [-0.15, -0.1) is 0 Å². The zero-order valence-electron chi connectivity index (χ0n) is 15.2. The fourth-order valence-electron chi connectivity index (χ4n) is 3.83. The maximum atomic E-state index is 5.89. The minimum absolute atomic E-state index is 0.381. The van der Waals surface area contributed by atoms with E-state index in [1.54, 1.807) is 7.11 Å². The number of nitrogens with zero attached hydrogens (tertiary/aromatic N) is 4. The number of anilines is 2. The number of hydrogen-bond donors (Lipinski definition) is 1. The largest absolute Gasteiger partial charge is 0.481 e. The second kappa shape index (κ2) is 6.99. The summed E-state index contributed by atoms with van der Waals surface area (Å²) in [7, 11) is 1.64. The number of hydrogen-bond acceptors (Lipinski definition) is 7. The molecule has 0 amide bonds. The highest BCUT2D eigenvalue weighted by molar-refractivity contribution is 5.55. The van der Waals surface area contributed by atoms with Crippen LogP contribution >= 0.6 is 0 Å². The van der Waals surface area contributed by atoms with Gasteiger partial charge in [-0.2, -0.15) is 4.98 Å². The molecule has 3 aliphatic rings. The summed E-state index contributed by atoms with van der Waals surface area (Å²) in [5, 5.41) is 0. The van der Waals surface area contributed by atoms with Gasteiger partial charge in [-0.25, -0.2) is 4.98 Å². The van der Waals surface area contributed by atoms with Crippen molar-refractivity contribution in [1.29, 1.82) is 0 Å². The number of piperazine rings is 1. The van der Waals surface area contributed by atoms with Gasteiger partial charge in [0.1, 0.15) is 5.82 Å². The molecule has 3 aliphatic heterocycles. The Balaban J connectivity index is 1.42. The van der Waals surface area contributed by atoms with Crippen LogP contribution in [0.5, 0.6) is 11.8 Å². The lowest BCUT2D eigenvalue weighted by atomic mass is 9.86. The summed E-state index contributed by atoms with van der Waals surface area (Å²) in [6.45, 7) is 5.37. The Morgan fingerprint density at radius 2 is 2.08 bits per heavy atom. The van der Waals surface area contributed by atoms with Crippen molar-refractivity contribution >= 4 is 11.5 Å². The van der Waals surface area contributed by atoms with E-state index >= 15 is 0 Å². The van der Waals surface area contributed by atoms with E-state index in [1.807, 2.05) is 25.3 Å². The molecule has 137 valence electrons. The molecule has 2 unspecified atom stereocenters. The number of pyridine rings is 2. The molecule has 0 saturated carbocycles. The van der Waals surface area contributed by atoms with Crippen molar-refractivity contribution < 1.29 is 9.47 Å². The van der Waals surface area contributed by atoms with Crippen LogP contribution in [0.15, 0.2) is 24.4 Å². The minimum atomic E-state index is 0.381. The smallest absolute Gasteiger partial charge is 0.217 e. The highest BCUT2D eigenvalue weighted by Crippen LogP contribution is 2.36. The Morgan fingerprint density at radius 1 is 1.27 bits per heavy atom. The summed E-state index contributed by atoms with van der Waals surface area (Å²) >= 11 is 0. The van der Waals surface area contributed by atoms with Gasteiger partial charge in [0.2, 0.25) is 11.8 Å². The Labute approximate surface area is 153 Å². The molecule has 1 radical (unpaired) electrons. The number of fused-ring (bicyclic) bond motifs is 2. The first-order valence-corrected chi connectivity index (χ1v) is 8.98. The average molecular weight is 354 g/mol. The van der Waals surface area contributed by atoms with Crippen molar-refractivity contribution in [2.24, 2.45) is 0 Å². The van der Waals surface area contributed by atoms with Gasteiger partial charge in [0, 0.05) is 50.0 Å². The summed E-state index contributed by atoms with van der Waals surface area (Å²) in [6.07, 6.45) is 3.13. The normalized spacial score (nSPS) is 22.0. The molecule has 2 bridgehead atoms. The molecule has 5 heterocycles. The predicted molar refractivity (Wildman–Crippen MR) is 99.4 cm³/mol. The lowest BCUT2D eigenvalue weighted by molar-refractivity contribution is -0.00854. The zero-order chi connectivity index (χ0) is 18.1. The molecule has 3 saturated heterocycles.